The molecule has 0 amide bonds. The van der Waals surface area contributed by atoms with Crippen molar-refractivity contribution in [2.75, 3.05) is 7.05 Å². The summed E-state index contributed by atoms with van der Waals surface area (Å²) in [6.07, 6.45) is 0.497. The predicted octanol–water partition coefficient (Wildman–Crippen LogP) is 4.12. The standard InChI is InChI=1S/C15H14ClF2N/c1-19-15(12-4-2-3-5-14(12)18)8-10-6-7-11(17)9-13(10)16/h2-7,9,15,19H,8H2,1H3. The number of hydrogen-bond donors (Lipinski definition) is 1. The molecule has 19 heavy (non-hydrogen) atoms. The maximum Gasteiger partial charge on any atom is 0.127 e. The number of likely N-dealkylation sites (N-methyl/N-ethyl adjacent to an activating group) is 1. The molecule has 1 atom stereocenters. The van der Waals surface area contributed by atoms with Crippen molar-refractivity contribution in [3.05, 3.63) is 70.2 Å². The van der Waals surface area contributed by atoms with Crippen molar-refractivity contribution < 1.29 is 8.78 Å². The molecule has 0 aliphatic rings. The van der Waals surface area contributed by atoms with Crippen LogP contribution < -0.4 is 5.32 Å². The van der Waals surface area contributed by atoms with Gasteiger partial charge in [-0.3, -0.25) is 0 Å². The highest BCUT2D eigenvalue weighted by Crippen LogP contribution is 2.25. The molecular weight excluding hydrogens is 268 g/mol. The van der Waals surface area contributed by atoms with Crippen molar-refractivity contribution in [2.45, 2.75) is 12.5 Å². The van der Waals surface area contributed by atoms with Crippen molar-refractivity contribution in [3.8, 4) is 0 Å². The second-order valence-electron chi connectivity index (χ2n) is 4.30. The fraction of sp³-hybridized carbons (Fsp3) is 0.200. The third-order valence-electron chi connectivity index (χ3n) is 3.07. The third-order valence-corrected chi connectivity index (χ3v) is 3.42. The second kappa shape index (κ2) is 6.13. The van der Waals surface area contributed by atoms with Gasteiger partial charge in [0, 0.05) is 16.6 Å². The summed E-state index contributed by atoms with van der Waals surface area (Å²) >= 11 is 6.00. The molecule has 0 saturated carbocycles. The van der Waals surface area contributed by atoms with Crippen LogP contribution in [0.15, 0.2) is 42.5 Å². The molecule has 0 spiro atoms. The Kier molecular flexibility index (Phi) is 4.51. The number of halogens is 3. The third kappa shape index (κ3) is 3.31. The molecule has 100 valence electrons. The molecule has 1 unspecified atom stereocenters. The van der Waals surface area contributed by atoms with Crippen LogP contribution >= 0.6 is 11.6 Å². The molecule has 2 aromatic rings. The topological polar surface area (TPSA) is 12.0 Å². The fourth-order valence-corrected chi connectivity index (χ4v) is 2.28. The van der Waals surface area contributed by atoms with Crippen LogP contribution in [0.5, 0.6) is 0 Å². The summed E-state index contributed by atoms with van der Waals surface area (Å²) in [5.41, 5.74) is 1.36. The molecule has 2 aromatic carbocycles. The van der Waals surface area contributed by atoms with Gasteiger partial charge in [-0.15, -0.1) is 0 Å². The van der Waals surface area contributed by atoms with Crippen LogP contribution in [-0.4, -0.2) is 7.05 Å². The Hall–Kier alpha value is -1.45. The zero-order chi connectivity index (χ0) is 13.8. The maximum absolute atomic E-state index is 13.8. The first kappa shape index (κ1) is 14.0. The summed E-state index contributed by atoms with van der Waals surface area (Å²) < 4.78 is 26.8. The first-order valence-corrected chi connectivity index (χ1v) is 6.35. The fourth-order valence-electron chi connectivity index (χ4n) is 2.03. The molecule has 0 radical (unpaired) electrons. The van der Waals surface area contributed by atoms with Gasteiger partial charge in [-0.05, 0) is 37.2 Å². The largest absolute Gasteiger partial charge is 0.313 e. The number of nitrogens with one attached hydrogen (secondary N) is 1. The predicted molar refractivity (Wildman–Crippen MR) is 73.3 cm³/mol. The van der Waals surface area contributed by atoms with E-state index in [0.717, 1.165) is 5.56 Å². The minimum atomic E-state index is -0.374. The Balaban J connectivity index is 2.27. The quantitative estimate of drug-likeness (QED) is 0.889. The van der Waals surface area contributed by atoms with Crippen LogP contribution in [-0.2, 0) is 6.42 Å². The Bertz CT molecular complexity index is 572. The average Bonchev–Trinajstić information content (AvgIpc) is 2.39. The summed E-state index contributed by atoms with van der Waals surface area (Å²) in [5.74, 6) is -0.638. The molecule has 0 fully saturated rings. The van der Waals surface area contributed by atoms with E-state index in [1.165, 1.54) is 18.2 Å². The second-order valence-corrected chi connectivity index (χ2v) is 4.71. The van der Waals surface area contributed by atoms with E-state index in [1.807, 2.05) is 0 Å². The highest BCUT2D eigenvalue weighted by molar-refractivity contribution is 6.31. The molecule has 4 heteroatoms. The van der Waals surface area contributed by atoms with Gasteiger partial charge < -0.3 is 5.32 Å². The number of hydrogen-bond acceptors (Lipinski definition) is 1. The van der Waals surface area contributed by atoms with Gasteiger partial charge in [0.15, 0.2) is 0 Å². The molecule has 0 aliphatic heterocycles. The van der Waals surface area contributed by atoms with E-state index < -0.39 is 0 Å². The molecule has 0 aromatic heterocycles. The van der Waals surface area contributed by atoms with Gasteiger partial charge in [-0.2, -0.15) is 0 Å². The summed E-state index contributed by atoms with van der Waals surface area (Å²) in [6.45, 7) is 0. The van der Waals surface area contributed by atoms with Crippen LogP contribution in [0.4, 0.5) is 8.78 Å². The van der Waals surface area contributed by atoms with Crippen molar-refractivity contribution in [1.82, 2.24) is 5.32 Å². The van der Waals surface area contributed by atoms with Crippen LogP contribution in [0.25, 0.3) is 0 Å². The number of rotatable bonds is 4. The molecule has 0 saturated heterocycles. The highest BCUT2D eigenvalue weighted by Gasteiger charge is 2.15. The Morgan fingerprint density at radius 1 is 1.16 bits per heavy atom. The lowest BCUT2D eigenvalue weighted by molar-refractivity contribution is 0.533. The molecule has 0 aliphatic carbocycles. The molecule has 1 nitrogen and oxygen atoms in total. The maximum atomic E-state index is 13.8. The van der Waals surface area contributed by atoms with E-state index in [1.54, 1.807) is 31.3 Å². The smallest absolute Gasteiger partial charge is 0.127 e. The summed E-state index contributed by atoms with van der Waals surface area (Å²) in [5, 5.41) is 3.42. The van der Waals surface area contributed by atoms with Crippen LogP contribution in [0, 0.1) is 11.6 Å². The lowest BCUT2D eigenvalue weighted by Gasteiger charge is -2.18. The van der Waals surface area contributed by atoms with Gasteiger partial charge in [0.1, 0.15) is 11.6 Å². The van der Waals surface area contributed by atoms with E-state index in [9.17, 15) is 8.78 Å². The molecule has 2 rings (SSSR count). The van der Waals surface area contributed by atoms with Gasteiger partial charge in [0.25, 0.3) is 0 Å². The van der Waals surface area contributed by atoms with Crippen molar-refractivity contribution >= 4 is 11.6 Å². The SMILES string of the molecule is CNC(Cc1ccc(F)cc1Cl)c1ccccc1F. The first-order chi connectivity index (χ1) is 9.11. The monoisotopic (exact) mass is 281 g/mol. The van der Waals surface area contributed by atoms with Gasteiger partial charge in [-0.25, -0.2) is 8.78 Å². The van der Waals surface area contributed by atoms with Crippen molar-refractivity contribution in [1.29, 1.82) is 0 Å². The first-order valence-electron chi connectivity index (χ1n) is 5.97. The van der Waals surface area contributed by atoms with Gasteiger partial charge in [-0.1, -0.05) is 35.9 Å². The van der Waals surface area contributed by atoms with Crippen LogP contribution in [0.2, 0.25) is 5.02 Å². The van der Waals surface area contributed by atoms with E-state index in [-0.39, 0.29) is 17.7 Å². The van der Waals surface area contributed by atoms with Crippen LogP contribution in [0.3, 0.4) is 0 Å². The summed E-state index contributed by atoms with van der Waals surface area (Å²) in [4.78, 5) is 0. The van der Waals surface area contributed by atoms with Gasteiger partial charge in [0.2, 0.25) is 0 Å². The lowest BCUT2D eigenvalue weighted by Crippen LogP contribution is -2.20. The molecular formula is C15H14ClF2N. The molecule has 1 N–H and O–H groups in total. The van der Waals surface area contributed by atoms with Gasteiger partial charge in [0.05, 0.1) is 0 Å². The minimum absolute atomic E-state index is 0.204. The molecule has 0 bridgehead atoms. The zero-order valence-corrected chi connectivity index (χ0v) is 11.2. The van der Waals surface area contributed by atoms with E-state index in [4.69, 9.17) is 11.6 Å². The summed E-state index contributed by atoms with van der Waals surface area (Å²) in [7, 11) is 1.76. The Morgan fingerprint density at radius 3 is 2.53 bits per heavy atom. The average molecular weight is 282 g/mol. The Labute approximate surface area is 116 Å². The lowest BCUT2D eigenvalue weighted by atomic mass is 9.98. The van der Waals surface area contributed by atoms with Gasteiger partial charge >= 0.3 is 0 Å². The van der Waals surface area contributed by atoms with E-state index in [0.29, 0.717) is 17.0 Å². The van der Waals surface area contributed by atoms with Crippen molar-refractivity contribution in [2.24, 2.45) is 0 Å². The minimum Gasteiger partial charge on any atom is -0.313 e. The normalized spacial score (nSPS) is 12.4. The van der Waals surface area contributed by atoms with E-state index in [2.05, 4.69) is 5.32 Å². The Morgan fingerprint density at radius 2 is 1.89 bits per heavy atom. The molecule has 0 heterocycles. The number of benzene rings is 2. The van der Waals surface area contributed by atoms with E-state index >= 15 is 0 Å². The highest BCUT2D eigenvalue weighted by atomic mass is 35.5. The zero-order valence-electron chi connectivity index (χ0n) is 10.5. The summed E-state index contributed by atoms with van der Waals surface area (Å²) in [6, 6.07) is 10.6. The van der Waals surface area contributed by atoms with Crippen LogP contribution in [0.1, 0.15) is 17.2 Å². The van der Waals surface area contributed by atoms with Crippen molar-refractivity contribution in [3.63, 3.8) is 0 Å².